The molecule has 0 radical (unpaired) electrons. The topological polar surface area (TPSA) is 59.6 Å². The lowest BCUT2D eigenvalue weighted by molar-refractivity contribution is 0.255. The van der Waals surface area contributed by atoms with Crippen LogP contribution in [-0.4, -0.2) is 19.2 Å². The highest BCUT2D eigenvalue weighted by Crippen LogP contribution is 2.30. The van der Waals surface area contributed by atoms with Gasteiger partial charge in [-0.25, -0.2) is 9.18 Å². The Morgan fingerprint density at radius 2 is 1.84 bits per heavy atom. The van der Waals surface area contributed by atoms with Crippen LogP contribution in [0.4, 0.5) is 14.9 Å². The van der Waals surface area contributed by atoms with Gasteiger partial charge in [-0.2, -0.15) is 0 Å². The summed E-state index contributed by atoms with van der Waals surface area (Å²) >= 11 is 0. The molecular formula is C19H21FN2O3. The SMILES string of the molecule is CCOc1ccc(NC(=O)N/C=C/c2cccc(F)c2)cc1OCC. The second-order valence-electron chi connectivity index (χ2n) is 5.01. The van der Waals surface area contributed by atoms with E-state index < -0.39 is 6.03 Å². The van der Waals surface area contributed by atoms with Crippen molar-refractivity contribution in [2.75, 3.05) is 18.5 Å². The summed E-state index contributed by atoms with van der Waals surface area (Å²) in [5.74, 6) is 0.864. The highest BCUT2D eigenvalue weighted by atomic mass is 19.1. The second kappa shape index (κ2) is 9.32. The summed E-state index contributed by atoms with van der Waals surface area (Å²) in [5, 5.41) is 5.26. The van der Waals surface area contributed by atoms with E-state index in [4.69, 9.17) is 9.47 Å². The lowest BCUT2D eigenvalue weighted by Gasteiger charge is -2.12. The van der Waals surface area contributed by atoms with Crippen molar-refractivity contribution in [3.63, 3.8) is 0 Å². The standard InChI is InChI=1S/C19H21FN2O3/c1-3-24-17-9-8-16(13-18(17)25-4-2)22-19(23)21-11-10-14-6-5-7-15(20)12-14/h5-13H,3-4H2,1-2H3,(H2,21,22,23)/b11-10+. The summed E-state index contributed by atoms with van der Waals surface area (Å²) < 4.78 is 24.1. The fourth-order valence-corrected chi connectivity index (χ4v) is 2.12. The normalized spacial score (nSPS) is 10.5. The Morgan fingerprint density at radius 1 is 1.08 bits per heavy atom. The van der Waals surface area contributed by atoms with E-state index in [9.17, 15) is 9.18 Å². The van der Waals surface area contributed by atoms with Gasteiger partial charge in [-0.05, 0) is 49.8 Å². The zero-order chi connectivity index (χ0) is 18.1. The van der Waals surface area contributed by atoms with Crippen LogP contribution in [0.3, 0.4) is 0 Å². The number of amides is 2. The second-order valence-corrected chi connectivity index (χ2v) is 5.01. The van der Waals surface area contributed by atoms with Crippen LogP contribution in [-0.2, 0) is 0 Å². The van der Waals surface area contributed by atoms with Crippen LogP contribution in [0.1, 0.15) is 19.4 Å². The molecular weight excluding hydrogens is 323 g/mol. The predicted molar refractivity (Wildman–Crippen MR) is 96.4 cm³/mol. The lowest BCUT2D eigenvalue weighted by Crippen LogP contribution is -2.23. The molecule has 2 aromatic rings. The molecule has 2 rings (SSSR count). The van der Waals surface area contributed by atoms with E-state index in [-0.39, 0.29) is 5.82 Å². The van der Waals surface area contributed by atoms with E-state index in [0.717, 1.165) is 0 Å². The maximum atomic E-state index is 13.1. The van der Waals surface area contributed by atoms with Crippen molar-refractivity contribution >= 4 is 17.8 Å². The van der Waals surface area contributed by atoms with Gasteiger partial charge in [-0.3, -0.25) is 0 Å². The van der Waals surface area contributed by atoms with Crippen LogP contribution in [0.25, 0.3) is 6.08 Å². The Morgan fingerprint density at radius 3 is 2.56 bits per heavy atom. The van der Waals surface area contributed by atoms with Crippen molar-refractivity contribution in [1.29, 1.82) is 0 Å². The van der Waals surface area contributed by atoms with Crippen LogP contribution >= 0.6 is 0 Å². The van der Waals surface area contributed by atoms with Crippen LogP contribution in [0, 0.1) is 5.82 Å². The van der Waals surface area contributed by atoms with Crippen LogP contribution < -0.4 is 20.1 Å². The van der Waals surface area contributed by atoms with Gasteiger partial charge in [-0.15, -0.1) is 0 Å². The number of halogens is 1. The molecule has 0 aromatic heterocycles. The van der Waals surface area contributed by atoms with E-state index in [0.29, 0.717) is 36.0 Å². The molecule has 2 aromatic carbocycles. The van der Waals surface area contributed by atoms with Gasteiger partial charge in [-0.1, -0.05) is 12.1 Å². The third-order valence-corrected chi connectivity index (χ3v) is 3.14. The van der Waals surface area contributed by atoms with Crippen molar-refractivity contribution in [2.45, 2.75) is 13.8 Å². The highest BCUT2D eigenvalue weighted by Gasteiger charge is 2.07. The first-order valence-electron chi connectivity index (χ1n) is 8.01. The summed E-state index contributed by atoms with van der Waals surface area (Å²) in [4.78, 5) is 11.9. The fourth-order valence-electron chi connectivity index (χ4n) is 2.12. The molecule has 0 unspecified atom stereocenters. The first-order chi connectivity index (χ1) is 12.1. The summed E-state index contributed by atoms with van der Waals surface area (Å²) in [7, 11) is 0. The maximum absolute atomic E-state index is 13.1. The van der Waals surface area contributed by atoms with E-state index in [1.807, 2.05) is 13.8 Å². The molecule has 25 heavy (non-hydrogen) atoms. The first kappa shape index (κ1) is 18.3. The molecule has 0 atom stereocenters. The van der Waals surface area contributed by atoms with E-state index >= 15 is 0 Å². The quantitative estimate of drug-likeness (QED) is 0.782. The largest absolute Gasteiger partial charge is 0.490 e. The van der Waals surface area contributed by atoms with Crippen LogP contribution in [0.2, 0.25) is 0 Å². The minimum absolute atomic E-state index is 0.329. The summed E-state index contributed by atoms with van der Waals surface area (Å²) in [6.07, 6.45) is 3.05. The monoisotopic (exact) mass is 344 g/mol. The molecule has 0 aliphatic rings. The molecule has 0 fully saturated rings. The number of benzene rings is 2. The van der Waals surface area contributed by atoms with Gasteiger partial charge in [0.1, 0.15) is 5.82 Å². The molecule has 0 aliphatic carbocycles. The Labute approximate surface area is 146 Å². The van der Waals surface area contributed by atoms with Crippen molar-refractivity contribution in [2.24, 2.45) is 0 Å². The zero-order valence-electron chi connectivity index (χ0n) is 14.2. The van der Waals surface area contributed by atoms with Gasteiger partial charge < -0.3 is 20.1 Å². The summed E-state index contributed by atoms with van der Waals surface area (Å²) in [5.41, 5.74) is 1.23. The average molecular weight is 344 g/mol. The van der Waals surface area contributed by atoms with Gasteiger partial charge in [0.2, 0.25) is 0 Å². The van der Waals surface area contributed by atoms with Crippen molar-refractivity contribution in [3.05, 3.63) is 60.0 Å². The van der Waals surface area contributed by atoms with Gasteiger partial charge in [0, 0.05) is 18.0 Å². The maximum Gasteiger partial charge on any atom is 0.323 e. The number of rotatable bonds is 7. The molecule has 0 saturated carbocycles. The van der Waals surface area contributed by atoms with Gasteiger partial charge in [0.05, 0.1) is 13.2 Å². The molecule has 132 valence electrons. The van der Waals surface area contributed by atoms with Crippen molar-refractivity contribution in [1.82, 2.24) is 5.32 Å². The molecule has 0 heterocycles. The minimum atomic E-state index is -0.417. The Balaban J connectivity index is 1.96. The third kappa shape index (κ3) is 5.84. The van der Waals surface area contributed by atoms with Crippen LogP contribution in [0.5, 0.6) is 11.5 Å². The molecule has 5 nitrogen and oxygen atoms in total. The first-order valence-corrected chi connectivity index (χ1v) is 8.01. The smallest absolute Gasteiger partial charge is 0.323 e. The molecule has 0 aliphatic heterocycles. The molecule has 2 amide bonds. The van der Waals surface area contributed by atoms with Crippen LogP contribution in [0.15, 0.2) is 48.7 Å². The molecule has 0 saturated heterocycles. The summed E-state index contributed by atoms with van der Waals surface area (Å²) in [6, 6.07) is 10.8. The number of urea groups is 1. The van der Waals surface area contributed by atoms with Crippen molar-refractivity contribution < 1.29 is 18.7 Å². The Hall–Kier alpha value is -3.02. The number of hydrogen-bond acceptors (Lipinski definition) is 3. The Kier molecular flexibility index (Phi) is 6.83. The molecule has 2 N–H and O–H groups in total. The number of hydrogen-bond donors (Lipinski definition) is 2. The van der Waals surface area contributed by atoms with Gasteiger partial charge >= 0.3 is 6.03 Å². The third-order valence-electron chi connectivity index (χ3n) is 3.14. The number of anilines is 1. The molecule has 0 bridgehead atoms. The number of carbonyl (C=O) groups excluding carboxylic acids is 1. The zero-order valence-corrected chi connectivity index (χ0v) is 14.2. The number of carbonyl (C=O) groups is 1. The fraction of sp³-hybridized carbons (Fsp3) is 0.211. The van der Waals surface area contributed by atoms with E-state index in [1.54, 1.807) is 36.4 Å². The van der Waals surface area contributed by atoms with Crippen molar-refractivity contribution in [3.8, 4) is 11.5 Å². The van der Waals surface area contributed by atoms with E-state index in [2.05, 4.69) is 10.6 Å². The molecule has 0 spiro atoms. The van der Waals surface area contributed by atoms with Gasteiger partial charge in [0.15, 0.2) is 11.5 Å². The number of ether oxygens (including phenoxy) is 2. The van der Waals surface area contributed by atoms with E-state index in [1.165, 1.54) is 18.3 Å². The Bertz CT molecular complexity index is 747. The molecule has 6 heteroatoms. The summed E-state index contributed by atoms with van der Waals surface area (Å²) in [6.45, 7) is 4.78. The average Bonchev–Trinajstić information content (AvgIpc) is 2.58. The minimum Gasteiger partial charge on any atom is -0.490 e. The van der Waals surface area contributed by atoms with Gasteiger partial charge in [0.25, 0.3) is 0 Å². The predicted octanol–water partition coefficient (Wildman–Crippen LogP) is 4.42. The highest BCUT2D eigenvalue weighted by molar-refractivity contribution is 5.90. The lowest BCUT2D eigenvalue weighted by atomic mass is 10.2. The number of nitrogens with one attached hydrogen (secondary N) is 2.